The number of H-pyrrole nitrogens is 1. The maximum atomic E-state index is 12.1. The maximum absolute atomic E-state index is 12.1. The van der Waals surface area contributed by atoms with Crippen molar-refractivity contribution in [3.63, 3.8) is 0 Å². The predicted octanol–water partition coefficient (Wildman–Crippen LogP) is 4.35. The number of aromatic nitrogens is 2. The number of aryl methyl sites for hydroxylation is 1. The summed E-state index contributed by atoms with van der Waals surface area (Å²) in [5, 5.41) is 1.15. The summed E-state index contributed by atoms with van der Waals surface area (Å²) in [6.07, 6.45) is 0.0635. The molecule has 7 heteroatoms. The van der Waals surface area contributed by atoms with Gasteiger partial charge in [-0.05, 0) is 56.2 Å². The van der Waals surface area contributed by atoms with Crippen LogP contribution < -0.4 is 10.3 Å². The molecule has 2 aromatic carbocycles. The minimum absolute atomic E-state index is 0.203. The van der Waals surface area contributed by atoms with Gasteiger partial charge in [-0.1, -0.05) is 23.7 Å². The number of hydrogen-bond donors (Lipinski definition) is 1. The highest BCUT2D eigenvalue weighted by Gasteiger charge is 2.15. The Kier molecular flexibility index (Phi) is 6.31. The minimum Gasteiger partial charge on any atom is -0.493 e. The summed E-state index contributed by atoms with van der Waals surface area (Å²) in [5.74, 6) is 0.689. The first-order valence-corrected chi connectivity index (χ1v) is 9.39. The van der Waals surface area contributed by atoms with Crippen molar-refractivity contribution in [1.29, 1.82) is 0 Å². The fourth-order valence-electron chi connectivity index (χ4n) is 2.78. The van der Waals surface area contributed by atoms with Crippen LogP contribution in [0.25, 0.3) is 10.9 Å². The number of nitrogens with one attached hydrogen (secondary N) is 1. The Morgan fingerprint density at radius 2 is 2.04 bits per heavy atom. The Morgan fingerprint density at radius 1 is 1.25 bits per heavy atom. The third-order valence-electron chi connectivity index (χ3n) is 4.24. The van der Waals surface area contributed by atoms with Crippen molar-refractivity contribution < 1.29 is 14.3 Å². The largest absolute Gasteiger partial charge is 0.493 e. The first-order valence-electron chi connectivity index (χ1n) is 9.01. The number of carbonyl (C=O) groups is 1. The number of rotatable bonds is 7. The monoisotopic (exact) mass is 400 g/mol. The van der Waals surface area contributed by atoms with Crippen LogP contribution in [0.4, 0.5) is 0 Å². The molecule has 1 atom stereocenters. The molecule has 3 rings (SSSR count). The second-order valence-corrected chi connectivity index (χ2v) is 6.90. The van der Waals surface area contributed by atoms with Crippen molar-refractivity contribution >= 4 is 28.5 Å². The molecular weight excluding hydrogens is 380 g/mol. The summed E-state index contributed by atoms with van der Waals surface area (Å²) in [6, 6.07) is 12.4. The zero-order valence-electron chi connectivity index (χ0n) is 15.7. The number of nitrogens with zero attached hydrogens (tertiary/aromatic N) is 1. The molecule has 0 aliphatic heterocycles. The van der Waals surface area contributed by atoms with Crippen LogP contribution in [-0.4, -0.2) is 22.5 Å². The number of ether oxygens (including phenoxy) is 2. The summed E-state index contributed by atoms with van der Waals surface area (Å²) >= 11 is 5.92. The smallest absolute Gasteiger partial charge is 0.306 e. The van der Waals surface area contributed by atoms with E-state index in [0.29, 0.717) is 34.8 Å². The van der Waals surface area contributed by atoms with Gasteiger partial charge in [-0.15, -0.1) is 0 Å². The normalized spacial score (nSPS) is 12.0. The number of aromatic amines is 1. The molecule has 0 bridgehead atoms. The molecule has 0 amide bonds. The number of hydrogen-bond acceptors (Lipinski definition) is 5. The van der Waals surface area contributed by atoms with E-state index in [4.69, 9.17) is 21.1 Å². The molecule has 6 nitrogen and oxygen atoms in total. The van der Waals surface area contributed by atoms with Crippen molar-refractivity contribution in [2.24, 2.45) is 0 Å². The van der Waals surface area contributed by atoms with Gasteiger partial charge in [-0.3, -0.25) is 9.59 Å². The SMILES string of the molecule is Cc1cc(Cl)ccc1OCCCC(=O)O[C@@H](C)c1nc2ccccc2c(=O)[nH]1. The lowest BCUT2D eigenvalue weighted by Gasteiger charge is -2.13. The van der Waals surface area contributed by atoms with Gasteiger partial charge in [0.05, 0.1) is 17.5 Å². The first-order chi connectivity index (χ1) is 13.4. The lowest BCUT2D eigenvalue weighted by atomic mass is 10.2. The molecule has 0 spiro atoms. The molecule has 146 valence electrons. The number of benzene rings is 2. The lowest BCUT2D eigenvalue weighted by Crippen LogP contribution is -2.17. The zero-order chi connectivity index (χ0) is 20.1. The molecule has 0 saturated heterocycles. The second-order valence-electron chi connectivity index (χ2n) is 6.46. The Bertz CT molecular complexity index is 1050. The minimum atomic E-state index is -0.649. The van der Waals surface area contributed by atoms with Crippen molar-refractivity contribution in [1.82, 2.24) is 9.97 Å². The summed E-state index contributed by atoms with van der Waals surface area (Å²) in [7, 11) is 0. The molecule has 28 heavy (non-hydrogen) atoms. The van der Waals surface area contributed by atoms with Gasteiger partial charge in [-0.25, -0.2) is 4.98 Å². The molecule has 3 aromatic rings. The van der Waals surface area contributed by atoms with E-state index in [1.54, 1.807) is 43.3 Å². The highest BCUT2D eigenvalue weighted by molar-refractivity contribution is 6.30. The summed E-state index contributed by atoms with van der Waals surface area (Å²) in [5.41, 5.74) is 1.25. The van der Waals surface area contributed by atoms with Gasteiger partial charge in [0, 0.05) is 11.4 Å². The van der Waals surface area contributed by atoms with Gasteiger partial charge in [0.1, 0.15) is 5.75 Å². The van der Waals surface area contributed by atoms with Gasteiger partial charge in [-0.2, -0.15) is 0 Å². The van der Waals surface area contributed by atoms with Crippen molar-refractivity contribution in [3.05, 3.63) is 69.2 Å². The van der Waals surface area contributed by atoms with Crippen LogP contribution >= 0.6 is 11.6 Å². The summed E-state index contributed by atoms with van der Waals surface area (Å²) < 4.78 is 11.1. The Hall–Kier alpha value is -2.86. The highest BCUT2D eigenvalue weighted by atomic mass is 35.5. The standard InChI is InChI=1S/C21H21ClN2O4/c1-13-12-15(22)9-10-18(13)27-11-5-8-19(25)28-14(2)20-23-17-7-4-3-6-16(17)21(26)24-20/h3-4,6-7,9-10,12,14H,5,8,11H2,1-2H3,(H,23,24,26)/t14-/m0/s1. The predicted molar refractivity (Wildman–Crippen MR) is 108 cm³/mol. The Balaban J connectivity index is 1.51. The molecule has 0 radical (unpaired) electrons. The number of fused-ring (bicyclic) bond motifs is 1. The van der Waals surface area contributed by atoms with Crippen LogP contribution in [0.3, 0.4) is 0 Å². The summed E-state index contributed by atoms with van der Waals surface area (Å²) in [6.45, 7) is 3.98. The van der Waals surface area contributed by atoms with Crippen LogP contribution in [0.2, 0.25) is 5.02 Å². The summed E-state index contributed by atoms with van der Waals surface area (Å²) in [4.78, 5) is 31.3. The first kappa shape index (κ1) is 19.9. The Labute approximate surface area is 167 Å². The van der Waals surface area contributed by atoms with E-state index in [2.05, 4.69) is 9.97 Å². The zero-order valence-corrected chi connectivity index (χ0v) is 16.5. The number of halogens is 1. The van der Waals surface area contributed by atoms with Crippen LogP contribution in [0, 0.1) is 6.92 Å². The van der Waals surface area contributed by atoms with Crippen LogP contribution in [0.15, 0.2) is 47.3 Å². The van der Waals surface area contributed by atoms with E-state index in [1.165, 1.54) is 0 Å². The quantitative estimate of drug-likeness (QED) is 0.471. The van der Waals surface area contributed by atoms with Crippen molar-refractivity contribution in [2.45, 2.75) is 32.8 Å². The molecule has 0 saturated carbocycles. The van der Waals surface area contributed by atoms with E-state index in [1.807, 2.05) is 13.0 Å². The van der Waals surface area contributed by atoms with Gasteiger partial charge < -0.3 is 14.5 Å². The second kappa shape index (κ2) is 8.89. The molecule has 1 aromatic heterocycles. The van der Waals surface area contributed by atoms with Crippen LogP contribution in [0.1, 0.15) is 37.3 Å². The molecule has 0 aliphatic carbocycles. The van der Waals surface area contributed by atoms with Crippen molar-refractivity contribution in [2.75, 3.05) is 6.61 Å². The van der Waals surface area contributed by atoms with E-state index in [-0.39, 0.29) is 17.9 Å². The maximum Gasteiger partial charge on any atom is 0.306 e. The molecule has 0 fully saturated rings. The van der Waals surface area contributed by atoms with Crippen LogP contribution in [0.5, 0.6) is 5.75 Å². The van der Waals surface area contributed by atoms with Gasteiger partial charge in [0.15, 0.2) is 11.9 Å². The van der Waals surface area contributed by atoms with E-state index < -0.39 is 6.10 Å². The van der Waals surface area contributed by atoms with E-state index in [9.17, 15) is 9.59 Å². The van der Waals surface area contributed by atoms with Crippen LogP contribution in [-0.2, 0) is 9.53 Å². The average molecular weight is 401 g/mol. The van der Waals surface area contributed by atoms with E-state index in [0.717, 1.165) is 11.3 Å². The fourth-order valence-corrected chi connectivity index (χ4v) is 3.01. The molecule has 1 N–H and O–H groups in total. The third-order valence-corrected chi connectivity index (χ3v) is 4.48. The van der Waals surface area contributed by atoms with Gasteiger partial charge >= 0.3 is 5.97 Å². The van der Waals surface area contributed by atoms with Gasteiger partial charge in [0.25, 0.3) is 5.56 Å². The number of esters is 1. The number of carbonyl (C=O) groups excluding carboxylic acids is 1. The van der Waals surface area contributed by atoms with E-state index >= 15 is 0 Å². The Morgan fingerprint density at radius 3 is 2.82 bits per heavy atom. The van der Waals surface area contributed by atoms with Gasteiger partial charge in [0.2, 0.25) is 0 Å². The fraction of sp³-hybridized carbons (Fsp3) is 0.286. The highest BCUT2D eigenvalue weighted by Crippen LogP contribution is 2.22. The topological polar surface area (TPSA) is 81.3 Å². The molecular formula is C21H21ClN2O4. The molecule has 0 unspecified atom stereocenters. The lowest BCUT2D eigenvalue weighted by molar-refractivity contribution is -0.149. The molecule has 0 aliphatic rings. The molecule has 1 heterocycles. The number of para-hydroxylation sites is 1. The van der Waals surface area contributed by atoms with Crippen molar-refractivity contribution in [3.8, 4) is 5.75 Å². The average Bonchev–Trinajstić information content (AvgIpc) is 2.66. The third kappa shape index (κ3) is 4.89.